The second-order valence-electron chi connectivity index (χ2n) is 3.46. The van der Waals surface area contributed by atoms with E-state index in [-0.39, 0.29) is 0 Å². The fourth-order valence-corrected chi connectivity index (χ4v) is 1.42. The lowest BCUT2D eigenvalue weighted by Gasteiger charge is -2.08. The lowest BCUT2D eigenvalue weighted by Crippen LogP contribution is -1.97. The lowest BCUT2D eigenvalue weighted by molar-refractivity contribution is 0.385. The van der Waals surface area contributed by atoms with E-state index in [1.165, 1.54) is 7.11 Å². The van der Waals surface area contributed by atoms with Gasteiger partial charge in [-0.25, -0.2) is 0 Å². The highest BCUT2D eigenvalue weighted by Crippen LogP contribution is 2.27. The molecule has 0 unspecified atom stereocenters. The first kappa shape index (κ1) is 11.7. The number of anilines is 1. The Morgan fingerprint density at radius 1 is 1.22 bits per heavy atom. The molecule has 0 radical (unpaired) electrons. The van der Waals surface area contributed by atoms with Gasteiger partial charge in [0.25, 0.3) is 0 Å². The summed E-state index contributed by atoms with van der Waals surface area (Å²) in [5.41, 5.74) is 6.52. The third-order valence-corrected chi connectivity index (χ3v) is 2.28. The van der Waals surface area contributed by atoms with E-state index in [4.69, 9.17) is 20.5 Å². The maximum atomic E-state index is 8.95. The van der Waals surface area contributed by atoms with Gasteiger partial charge in [-0.05, 0) is 18.2 Å². The minimum atomic E-state index is 0.293. The Kier molecular flexibility index (Phi) is 3.30. The van der Waals surface area contributed by atoms with Gasteiger partial charge in [-0.1, -0.05) is 12.1 Å². The van der Waals surface area contributed by atoms with Crippen LogP contribution in [0.4, 0.5) is 5.69 Å². The zero-order valence-electron chi connectivity index (χ0n) is 9.75. The van der Waals surface area contributed by atoms with Crippen LogP contribution < -0.4 is 15.2 Å². The van der Waals surface area contributed by atoms with Crippen molar-refractivity contribution in [2.45, 2.75) is 0 Å². The number of pyridine rings is 1. The van der Waals surface area contributed by atoms with Crippen molar-refractivity contribution in [2.75, 3.05) is 12.8 Å². The van der Waals surface area contributed by atoms with Crippen molar-refractivity contribution in [2.24, 2.45) is 0 Å². The monoisotopic (exact) mass is 241 g/mol. The standard InChI is InChI=1S/C13H11N3O2/c1-17-13-10(15)6-7-12(16-13)18-11-5-3-2-4-9(11)8-14/h2-7H,15H2,1H3. The molecule has 18 heavy (non-hydrogen) atoms. The van der Waals surface area contributed by atoms with Crippen LogP contribution in [-0.4, -0.2) is 12.1 Å². The molecule has 0 atom stereocenters. The molecule has 1 aromatic heterocycles. The molecular weight excluding hydrogens is 230 g/mol. The topological polar surface area (TPSA) is 81.2 Å². The first-order chi connectivity index (χ1) is 8.74. The van der Waals surface area contributed by atoms with Gasteiger partial charge in [0.1, 0.15) is 11.8 Å². The highest BCUT2D eigenvalue weighted by molar-refractivity contribution is 5.50. The molecule has 1 heterocycles. The summed E-state index contributed by atoms with van der Waals surface area (Å²) in [6.45, 7) is 0. The number of ether oxygens (including phenoxy) is 2. The van der Waals surface area contributed by atoms with Crippen LogP contribution in [0.3, 0.4) is 0 Å². The van der Waals surface area contributed by atoms with Gasteiger partial charge in [0, 0.05) is 6.07 Å². The minimum Gasteiger partial charge on any atom is -0.479 e. The maximum Gasteiger partial charge on any atom is 0.240 e. The molecule has 2 N–H and O–H groups in total. The summed E-state index contributed by atoms with van der Waals surface area (Å²) in [6, 6.07) is 12.2. The second-order valence-corrected chi connectivity index (χ2v) is 3.46. The van der Waals surface area contributed by atoms with E-state index in [0.29, 0.717) is 28.8 Å². The van der Waals surface area contributed by atoms with Gasteiger partial charge in [0.15, 0.2) is 0 Å². The predicted octanol–water partition coefficient (Wildman–Crippen LogP) is 2.34. The minimum absolute atomic E-state index is 0.293. The van der Waals surface area contributed by atoms with Gasteiger partial charge in [-0.2, -0.15) is 10.2 Å². The summed E-state index contributed by atoms with van der Waals surface area (Å²) < 4.78 is 10.5. The molecule has 0 amide bonds. The molecule has 0 saturated heterocycles. The van der Waals surface area contributed by atoms with E-state index in [2.05, 4.69) is 4.98 Å². The average Bonchev–Trinajstić information content (AvgIpc) is 2.41. The number of nitriles is 1. The van der Waals surface area contributed by atoms with Crippen molar-refractivity contribution in [3.05, 3.63) is 42.0 Å². The first-order valence-corrected chi connectivity index (χ1v) is 5.22. The Morgan fingerprint density at radius 3 is 2.72 bits per heavy atom. The smallest absolute Gasteiger partial charge is 0.240 e. The van der Waals surface area contributed by atoms with E-state index in [1.807, 2.05) is 6.07 Å². The molecule has 0 fully saturated rings. The Labute approximate surface area is 104 Å². The first-order valence-electron chi connectivity index (χ1n) is 5.22. The van der Waals surface area contributed by atoms with E-state index in [1.54, 1.807) is 36.4 Å². The molecule has 0 aliphatic rings. The average molecular weight is 241 g/mol. The van der Waals surface area contributed by atoms with Gasteiger partial charge in [-0.3, -0.25) is 0 Å². The molecule has 2 aromatic rings. The van der Waals surface area contributed by atoms with Crippen molar-refractivity contribution in [1.82, 2.24) is 4.98 Å². The molecule has 0 spiro atoms. The largest absolute Gasteiger partial charge is 0.479 e. The Morgan fingerprint density at radius 2 is 2.00 bits per heavy atom. The van der Waals surface area contributed by atoms with Crippen LogP contribution in [0, 0.1) is 11.3 Å². The molecule has 5 heteroatoms. The van der Waals surface area contributed by atoms with Gasteiger partial charge in [-0.15, -0.1) is 0 Å². The van der Waals surface area contributed by atoms with E-state index in [9.17, 15) is 0 Å². The number of nitrogens with two attached hydrogens (primary N) is 1. The summed E-state index contributed by atoms with van der Waals surface area (Å²) in [4.78, 5) is 4.08. The van der Waals surface area contributed by atoms with Crippen LogP contribution in [0.15, 0.2) is 36.4 Å². The number of rotatable bonds is 3. The van der Waals surface area contributed by atoms with Crippen molar-refractivity contribution >= 4 is 5.69 Å². The highest BCUT2D eigenvalue weighted by atomic mass is 16.5. The van der Waals surface area contributed by atoms with E-state index < -0.39 is 0 Å². The molecule has 2 rings (SSSR count). The van der Waals surface area contributed by atoms with Crippen molar-refractivity contribution in [1.29, 1.82) is 5.26 Å². The summed E-state index contributed by atoms with van der Waals surface area (Å²) >= 11 is 0. The van der Waals surface area contributed by atoms with Crippen LogP contribution in [0.1, 0.15) is 5.56 Å². The lowest BCUT2D eigenvalue weighted by atomic mass is 10.2. The number of hydrogen-bond donors (Lipinski definition) is 1. The van der Waals surface area contributed by atoms with E-state index in [0.717, 1.165) is 0 Å². The number of benzene rings is 1. The Hall–Kier alpha value is -2.74. The SMILES string of the molecule is COc1nc(Oc2ccccc2C#N)ccc1N. The number of para-hydroxylation sites is 1. The fraction of sp³-hybridized carbons (Fsp3) is 0.0769. The molecule has 1 aromatic carbocycles. The van der Waals surface area contributed by atoms with Crippen molar-refractivity contribution in [3.63, 3.8) is 0 Å². The number of hydrogen-bond acceptors (Lipinski definition) is 5. The fourth-order valence-electron chi connectivity index (χ4n) is 1.42. The van der Waals surface area contributed by atoms with Crippen LogP contribution >= 0.6 is 0 Å². The highest BCUT2D eigenvalue weighted by Gasteiger charge is 2.07. The summed E-state index contributed by atoms with van der Waals surface area (Å²) in [7, 11) is 1.48. The zero-order valence-corrected chi connectivity index (χ0v) is 9.75. The second kappa shape index (κ2) is 5.06. The summed E-state index contributed by atoms with van der Waals surface area (Å²) in [5.74, 6) is 1.06. The Bertz CT molecular complexity index is 605. The van der Waals surface area contributed by atoms with Crippen molar-refractivity contribution in [3.8, 4) is 23.6 Å². The predicted molar refractivity (Wildman–Crippen MR) is 66.4 cm³/mol. The van der Waals surface area contributed by atoms with Gasteiger partial charge < -0.3 is 15.2 Å². The van der Waals surface area contributed by atoms with Crippen LogP contribution in [0.2, 0.25) is 0 Å². The van der Waals surface area contributed by atoms with Crippen molar-refractivity contribution < 1.29 is 9.47 Å². The molecular formula is C13H11N3O2. The van der Waals surface area contributed by atoms with E-state index >= 15 is 0 Å². The van der Waals surface area contributed by atoms with Crippen LogP contribution in [-0.2, 0) is 0 Å². The quantitative estimate of drug-likeness (QED) is 0.891. The molecule has 0 saturated carbocycles. The number of aromatic nitrogens is 1. The third kappa shape index (κ3) is 2.33. The van der Waals surface area contributed by atoms with Gasteiger partial charge in [0.05, 0.1) is 18.4 Å². The molecule has 5 nitrogen and oxygen atoms in total. The summed E-state index contributed by atoms with van der Waals surface area (Å²) in [6.07, 6.45) is 0. The Balaban J connectivity index is 2.32. The number of nitrogen functional groups attached to an aromatic ring is 1. The maximum absolute atomic E-state index is 8.95. The molecule has 0 aliphatic heterocycles. The zero-order chi connectivity index (χ0) is 13.0. The number of nitrogens with zero attached hydrogens (tertiary/aromatic N) is 2. The van der Waals surface area contributed by atoms with Gasteiger partial charge >= 0.3 is 0 Å². The number of methoxy groups -OCH3 is 1. The molecule has 0 aliphatic carbocycles. The van der Waals surface area contributed by atoms with Crippen LogP contribution in [0.25, 0.3) is 0 Å². The summed E-state index contributed by atoms with van der Waals surface area (Å²) in [5, 5.41) is 8.95. The normalized spacial score (nSPS) is 9.56. The van der Waals surface area contributed by atoms with Crippen LogP contribution in [0.5, 0.6) is 17.5 Å². The molecule has 90 valence electrons. The van der Waals surface area contributed by atoms with Gasteiger partial charge in [0.2, 0.25) is 11.8 Å². The third-order valence-electron chi connectivity index (χ3n) is 2.28. The molecule has 0 bridgehead atoms.